The number of ether oxygens (including phenoxy) is 4. The van der Waals surface area contributed by atoms with E-state index < -0.39 is 24.1 Å². The Morgan fingerprint density at radius 1 is 0.667 bits per heavy atom. The highest BCUT2D eigenvalue weighted by atomic mass is 32.2. The van der Waals surface area contributed by atoms with Crippen LogP contribution in [0.1, 0.15) is 36.8 Å². The minimum absolute atomic E-state index is 0.0586. The maximum absolute atomic E-state index is 11.3. The van der Waals surface area contributed by atoms with E-state index in [2.05, 4.69) is 0 Å². The van der Waals surface area contributed by atoms with E-state index in [4.69, 9.17) is 37.7 Å². The number of carboxylic acids is 2. The van der Waals surface area contributed by atoms with Crippen LogP contribution in [0.15, 0.2) is 91.4 Å². The van der Waals surface area contributed by atoms with Crippen LogP contribution in [0.2, 0.25) is 0 Å². The van der Waals surface area contributed by atoms with Gasteiger partial charge in [-0.3, -0.25) is 0 Å². The summed E-state index contributed by atoms with van der Waals surface area (Å²) < 4.78 is 33.8. The molecule has 2 aromatic heterocycles. The van der Waals surface area contributed by atoms with Crippen molar-refractivity contribution >= 4 is 35.5 Å². The first-order valence-electron chi connectivity index (χ1n) is 17.6. The number of aliphatic carboxylic acids is 2. The van der Waals surface area contributed by atoms with Gasteiger partial charge >= 0.3 is 11.9 Å². The van der Waals surface area contributed by atoms with Gasteiger partial charge in [0, 0.05) is 58.5 Å². The number of nitrogens with zero attached hydrogens (tertiary/aromatic N) is 2. The molecule has 0 radical (unpaired) electrons. The molecule has 286 valence electrons. The van der Waals surface area contributed by atoms with E-state index in [9.17, 15) is 19.8 Å². The summed E-state index contributed by atoms with van der Waals surface area (Å²) in [7, 11) is 0. The number of aromatic nitrogens is 2. The third-order valence-electron chi connectivity index (χ3n) is 8.09. The molecule has 0 amide bonds. The van der Waals surface area contributed by atoms with Gasteiger partial charge in [0.05, 0.1) is 11.4 Å². The lowest BCUT2D eigenvalue weighted by atomic mass is 10.1. The van der Waals surface area contributed by atoms with E-state index in [1.807, 2.05) is 86.6 Å². The molecule has 0 saturated heterocycles. The number of oxazole rings is 2. The van der Waals surface area contributed by atoms with E-state index in [0.717, 1.165) is 55.3 Å². The van der Waals surface area contributed by atoms with Crippen LogP contribution in [-0.4, -0.2) is 82.3 Å². The molecule has 2 N–H and O–H groups in total. The molecule has 0 aliphatic heterocycles. The molecule has 54 heavy (non-hydrogen) atoms. The van der Waals surface area contributed by atoms with E-state index in [1.54, 1.807) is 37.4 Å². The molecule has 0 saturated carbocycles. The third kappa shape index (κ3) is 11.6. The van der Waals surface area contributed by atoms with Gasteiger partial charge in [-0.05, 0) is 94.4 Å². The van der Waals surface area contributed by atoms with Crippen LogP contribution in [0, 0.1) is 13.8 Å². The number of hydrogen-bond acceptors (Lipinski definition) is 12. The molecular formula is C40H44N2O10S2. The van der Waals surface area contributed by atoms with Crippen LogP contribution in [0.25, 0.3) is 22.9 Å². The molecular weight excluding hydrogens is 733 g/mol. The first-order valence-corrected chi connectivity index (χ1v) is 19.5. The number of benzene rings is 3. The molecule has 2 unspecified atom stereocenters. The predicted octanol–water partition coefficient (Wildman–Crippen LogP) is 8.02. The molecule has 3 aromatic carbocycles. The first kappa shape index (κ1) is 40.4. The highest BCUT2D eigenvalue weighted by Crippen LogP contribution is 2.30. The van der Waals surface area contributed by atoms with Crippen LogP contribution < -0.4 is 9.47 Å². The fourth-order valence-corrected chi connectivity index (χ4v) is 6.99. The maximum Gasteiger partial charge on any atom is 0.336 e. The van der Waals surface area contributed by atoms with Crippen LogP contribution in [0.4, 0.5) is 0 Å². The largest absolute Gasteiger partial charge is 0.490 e. The highest BCUT2D eigenvalue weighted by Gasteiger charge is 2.20. The van der Waals surface area contributed by atoms with Gasteiger partial charge in [-0.25, -0.2) is 19.6 Å². The Balaban J connectivity index is 1.11. The Kier molecular flexibility index (Phi) is 15.0. The maximum atomic E-state index is 11.3. The molecule has 5 aromatic rings. The second-order valence-electron chi connectivity index (χ2n) is 12.0. The third-order valence-corrected chi connectivity index (χ3v) is 10.1. The Hall–Kier alpha value is -4.76. The molecule has 0 bridgehead atoms. The summed E-state index contributed by atoms with van der Waals surface area (Å²) in [6.45, 7) is 7.81. The summed E-state index contributed by atoms with van der Waals surface area (Å²) in [4.78, 5) is 34.3. The molecule has 0 fully saturated rings. The standard InChI is InChI=1S/C40H44N2O10S2/c1-5-47-35(39(43)44)23-49-29-10-14-31(15-11-29)53-20-18-33-25(3)51-37(41-33)27-8-7-9-28(22-27)38-42-34(26(4)52-38)19-21-54-32-16-12-30(13-17-32)50-24-36(40(45)46)48-6-2/h7-17,22,35-36H,5-6,18-21,23-24H2,1-4H3,(H,43,44)(H,45,46). The van der Waals surface area contributed by atoms with Crippen molar-refractivity contribution in [3.63, 3.8) is 0 Å². The van der Waals surface area contributed by atoms with Crippen molar-refractivity contribution in [3.05, 3.63) is 95.7 Å². The smallest absolute Gasteiger partial charge is 0.336 e. The van der Waals surface area contributed by atoms with E-state index in [1.165, 1.54) is 0 Å². The topological polar surface area (TPSA) is 164 Å². The summed E-state index contributed by atoms with van der Waals surface area (Å²) in [6.07, 6.45) is -0.576. The molecule has 2 heterocycles. The predicted molar refractivity (Wildman–Crippen MR) is 206 cm³/mol. The molecule has 12 nitrogen and oxygen atoms in total. The molecule has 0 aliphatic rings. The fraction of sp³-hybridized carbons (Fsp3) is 0.350. The zero-order valence-corrected chi connectivity index (χ0v) is 32.2. The average molecular weight is 777 g/mol. The van der Waals surface area contributed by atoms with Crippen molar-refractivity contribution in [1.82, 2.24) is 9.97 Å². The van der Waals surface area contributed by atoms with E-state index in [0.29, 0.717) is 49.3 Å². The minimum atomic E-state index is -1.05. The lowest BCUT2D eigenvalue weighted by molar-refractivity contribution is -0.152. The monoisotopic (exact) mass is 776 g/mol. The van der Waals surface area contributed by atoms with Crippen molar-refractivity contribution in [2.24, 2.45) is 0 Å². The lowest BCUT2D eigenvalue weighted by Crippen LogP contribution is -2.30. The van der Waals surface area contributed by atoms with Crippen molar-refractivity contribution in [2.45, 2.75) is 62.5 Å². The lowest BCUT2D eigenvalue weighted by Gasteiger charge is -2.13. The van der Waals surface area contributed by atoms with Gasteiger partial charge in [0.15, 0.2) is 12.2 Å². The van der Waals surface area contributed by atoms with Crippen molar-refractivity contribution in [1.29, 1.82) is 0 Å². The molecule has 14 heteroatoms. The fourth-order valence-electron chi connectivity index (χ4n) is 5.28. The van der Waals surface area contributed by atoms with Crippen molar-refractivity contribution in [2.75, 3.05) is 37.9 Å². The number of rotatable bonds is 22. The second kappa shape index (κ2) is 20.1. The number of thioether (sulfide) groups is 2. The van der Waals surface area contributed by atoms with Gasteiger partial charge in [0.25, 0.3) is 0 Å². The first-order chi connectivity index (χ1) is 26.1. The van der Waals surface area contributed by atoms with Gasteiger partial charge in [-0.2, -0.15) is 0 Å². The Morgan fingerprint density at radius 2 is 1.07 bits per heavy atom. The zero-order valence-electron chi connectivity index (χ0n) is 30.6. The Morgan fingerprint density at radius 3 is 1.44 bits per heavy atom. The molecule has 2 atom stereocenters. The van der Waals surface area contributed by atoms with Crippen LogP contribution in [0.3, 0.4) is 0 Å². The normalized spacial score (nSPS) is 12.4. The van der Waals surface area contributed by atoms with Gasteiger partial charge in [-0.15, -0.1) is 23.5 Å². The van der Waals surface area contributed by atoms with Crippen molar-refractivity contribution < 1.29 is 47.6 Å². The summed E-state index contributed by atoms with van der Waals surface area (Å²) >= 11 is 3.37. The van der Waals surface area contributed by atoms with Crippen molar-refractivity contribution in [3.8, 4) is 34.4 Å². The summed E-state index contributed by atoms with van der Waals surface area (Å²) in [6, 6.07) is 22.9. The molecule has 5 rings (SSSR count). The highest BCUT2D eigenvalue weighted by molar-refractivity contribution is 7.99. The SMILES string of the molecule is CCOC(COc1ccc(SCCc2nc(-c3cccc(-c4nc(CCSc5ccc(OCC(OCC)C(=O)O)cc5)c(C)o4)c3)oc2C)cc1)C(=O)O. The number of hydrogen-bond donors (Lipinski definition) is 2. The van der Waals surface area contributed by atoms with Gasteiger partial charge < -0.3 is 38.0 Å². The molecule has 0 aliphatic carbocycles. The van der Waals surface area contributed by atoms with Gasteiger partial charge in [-0.1, -0.05) is 6.07 Å². The summed E-state index contributed by atoms with van der Waals surface area (Å²) in [5.41, 5.74) is 3.44. The number of aryl methyl sites for hydroxylation is 4. The quantitative estimate of drug-likeness (QED) is 0.0650. The Labute approximate surface area is 322 Å². The summed E-state index contributed by atoms with van der Waals surface area (Å²) in [5, 5.41) is 18.4. The average Bonchev–Trinajstić information content (AvgIpc) is 3.73. The van der Waals surface area contributed by atoms with E-state index >= 15 is 0 Å². The number of carboxylic acid groups (broad SMARTS) is 2. The van der Waals surface area contributed by atoms with Crippen LogP contribution in [-0.2, 0) is 31.9 Å². The zero-order chi connectivity index (χ0) is 38.5. The van der Waals surface area contributed by atoms with E-state index in [-0.39, 0.29) is 13.2 Å². The van der Waals surface area contributed by atoms with Gasteiger partial charge in [0.2, 0.25) is 11.8 Å². The minimum Gasteiger partial charge on any atom is -0.490 e. The van der Waals surface area contributed by atoms with Crippen LogP contribution >= 0.6 is 23.5 Å². The summed E-state index contributed by atoms with van der Waals surface area (Å²) in [5.74, 6) is 3.26. The molecule has 0 spiro atoms. The Bertz CT molecular complexity index is 1820. The van der Waals surface area contributed by atoms with Gasteiger partial charge in [0.1, 0.15) is 36.2 Å². The number of carbonyl (C=O) groups is 2. The van der Waals surface area contributed by atoms with Crippen LogP contribution in [0.5, 0.6) is 11.5 Å². The second-order valence-corrected chi connectivity index (χ2v) is 14.3.